The third-order valence-corrected chi connectivity index (χ3v) is 18.1. The number of hydrogen-bond acceptors (Lipinski definition) is 16. The van der Waals surface area contributed by atoms with Gasteiger partial charge in [-0.1, -0.05) is 128 Å². The maximum Gasteiger partial charge on any atom is 0.320 e. The van der Waals surface area contributed by atoms with Crippen LogP contribution in [0.5, 0.6) is 0 Å². The highest BCUT2D eigenvalue weighted by Gasteiger charge is 2.31. The Labute approximate surface area is 535 Å². The molecule has 2 saturated heterocycles. The highest BCUT2D eigenvalue weighted by molar-refractivity contribution is 9.09. The number of carbonyl (C=O) groups excluding carboxylic acids is 4. The number of nitrogens with one attached hydrogen (secondary N) is 1. The van der Waals surface area contributed by atoms with Crippen molar-refractivity contribution in [2.75, 3.05) is 87.2 Å². The van der Waals surface area contributed by atoms with E-state index in [-0.39, 0.29) is 41.9 Å². The average Bonchev–Trinajstić information content (AvgIpc) is 2.10. The summed E-state index contributed by atoms with van der Waals surface area (Å²) in [6.07, 6.45) is 7.31. The predicted octanol–water partition coefficient (Wildman–Crippen LogP) is 13.5. The van der Waals surface area contributed by atoms with Crippen LogP contribution in [0.25, 0.3) is 44.8 Å². The Hall–Kier alpha value is -5.69. The fourth-order valence-corrected chi connectivity index (χ4v) is 11.2. The standard InChI is InChI=1S/C33H49N5O4Si.C27H39N5O2Si.C6H11BrO2.CH4/c1-32(2,3)30(40)26-21-38(23-41-17-18-43(7,8)9)31-29(26)35-27(20-34-31)24-11-10-12-25(19-24)37-15-13-36(14-16-37)22-28(39)42-33(4,5)6;1-27(2,3)25(33)22-18-32(19-34-14-15-35(4,5)6)26-24(22)30-23(17-29-26)20-8-7-9-21(16-20)31-12-10-28-11-13-31;1-6(2,3)9-5(8)4-7;/h10-12,19-21H,13-18,22-23H2,1-9H3;7-9,16-18,28H,10-15,19H2,1-6H3;4H2,1-3H3;1H4. The number of hydrogen-bond donors (Lipinski definition) is 1. The van der Waals surface area contributed by atoms with Gasteiger partial charge in [0, 0.05) is 127 Å². The van der Waals surface area contributed by atoms with Crippen molar-refractivity contribution in [2.45, 2.75) is 167 Å². The van der Waals surface area contributed by atoms with Crippen LogP contribution in [0, 0.1) is 10.8 Å². The lowest BCUT2D eigenvalue weighted by Gasteiger charge is -2.36. The number of carbonyl (C=O) groups is 4. The predicted molar refractivity (Wildman–Crippen MR) is 368 cm³/mol. The third-order valence-electron chi connectivity index (χ3n) is 14.2. The maximum atomic E-state index is 13.5. The molecule has 6 heterocycles. The van der Waals surface area contributed by atoms with E-state index in [9.17, 15) is 19.2 Å². The van der Waals surface area contributed by atoms with Gasteiger partial charge in [0.05, 0.1) is 41.5 Å². The molecule has 0 aliphatic carbocycles. The fourth-order valence-electron chi connectivity index (χ4n) is 9.54. The number of piperazine rings is 2. The van der Waals surface area contributed by atoms with Gasteiger partial charge in [-0.05, 0) is 77.9 Å². The molecule has 0 spiro atoms. The molecule has 0 amide bonds. The van der Waals surface area contributed by atoms with E-state index in [1.165, 1.54) is 5.69 Å². The molecule has 18 nitrogen and oxygen atoms in total. The van der Waals surface area contributed by atoms with E-state index in [4.69, 9.17) is 38.9 Å². The number of esters is 2. The van der Waals surface area contributed by atoms with Crippen LogP contribution in [0.15, 0.2) is 73.3 Å². The highest BCUT2D eigenvalue weighted by atomic mass is 79.9. The monoisotopic (exact) mass is 1310 g/mol. The van der Waals surface area contributed by atoms with Crippen molar-refractivity contribution >= 4 is 89.3 Å². The quantitative estimate of drug-likeness (QED) is 0.0265. The number of ketones is 2. The van der Waals surface area contributed by atoms with Gasteiger partial charge in [-0.15, -0.1) is 0 Å². The summed E-state index contributed by atoms with van der Waals surface area (Å²) >= 11 is 2.99. The second-order valence-electron chi connectivity index (χ2n) is 29.1. The van der Waals surface area contributed by atoms with Crippen molar-refractivity contribution in [1.29, 1.82) is 0 Å². The molecule has 0 bridgehead atoms. The van der Waals surface area contributed by atoms with Gasteiger partial charge in [0.15, 0.2) is 22.9 Å². The first-order valence-electron chi connectivity index (χ1n) is 30.6. The van der Waals surface area contributed by atoms with Crippen LogP contribution in [0.3, 0.4) is 0 Å². The zero-order valence-corrected chi connectivity index (χ0v) is 59.0. The molecule has 88 heavy (non-hydrogen) atoms. The molecule has 2 aliphatic rings. The largest absolute Gasteiger partial charge is 0.459 e. The van der Waals surface area contributed by atoms with E-state index < -0.39 is 32.6 Å². The molecule has 0 atom stereocenters. The van der Waals surface area contributed by atoms with Gasteiger partial charge in [0.2, 0.25) is 0 Å². The van der Waals surface area contributed by atoms with Gasteiger partial charge in [0.25, 0.3) is 0 Å². The van der Waals surface area contributed by atoms with E-state index in [2.05, 4.69) is 112 Å². The molecule has 2 aliphatic heterocycles. The van der Waals surface area contributed by atoms with Crippen molar-refractivity contribution in [3.63, 3.8) is 0 Å². The Bertz CT molecular complexity index is 3290. The summed E-state index contributed by atoms with van der Waals surface area (Å²) < 4.78 is 26.2. The molecule has 8 rings (SSSR count). The number of benzene rings is 2. The Balaban J connectivity index is 0.000000282. The van der Waals surface area contributed by atoms with Crippen LogP contribution in [0.1, 0.15) is 111 Å². The molecule has 2 fully saturated rings. The Morgan fingerprint density at radius 2 is 0.966 bits per heavy atom. The summed E-state index contributed by atoms with van der Waals surface area (Å²) in [5.41, 5.74) is 7.58. The zero-order chi connectivity index (χ0) is 64.3. The number of nitrogens with zero attached hydrogens (tertiary/aromatic N) is 9. The number of alkyl halides is 1. The maximum absolute atomic E-state index is 13.5. The van der Waals surface area contributed by atoms with Gasteiger partial charge in [-0.25, -0.2) is 19.9 Å². The first-order chi connectivity index (χ1) is 40.5. The number of rotatable bonds is 19. The lowest BCUT2D eigenvalue weighted by Crippen LogP contribution is -2.48. The molecular weight excluding hydrogens is 1210 g/mol. The van der Waals surface area contributed by atoms with E-state index in [1.54, 1.807) is 6.20 Å². The van der Waals surface area contributed by atoms with Crippen molar-refractivity contribution in [3.05, 3.63) is 84.4 Å². The van der Waals surface area contributed by atoms with Crippen molar-refractivity contribution in [1.82, 2.24) is 39.3 Å². The molecule has 2 aromatic carbocycles. The van der Waals surface area contributed by atoms with Crippen molar-refractivity contribution in [2.24, 2.45) is 10.8 Å². The molecule has 0 radical (unpaired) electrons. The molecule has 4 aromatic heterocycles. The normalized spacial score (nSPS) is 14.6. The van der Waals surface area contributed by atoms with Crippen molar-refractivity contribution in [3.8, 4) is 22.5 Å². The number of aromatic nitrogens is 6. The van der Waals surface area contributed by atoms with Gasteiger partial charge >= 0.3 is 11.9 Å². The van der Waals surface area contributed by atoms with Gasteiger partial charge < -0.3 is 43.2 Å². The SMILES string of the molecule is C.CC(C)(C)C(=O)c1cn(COCC[Si](C)(C)C)c2ncc(-c3cccc(N4CCNCC4)c3)nc12.CC(C)(C)OC(=O)CBr.CC(C)(C)OC(=O)CN1CCN(c2cccc(-c3cnc4c(n3)c(C(=O)C(C)(C)C)cn4COCC[Si](C)(C)C)c2)CC1. The number of fused-ring (bicyclic) bond motifs is 2. The molecule has 1 N–H and O–H groups in total. The van der Waals surface area contributed by atoms with Crippen LogP contribution in [-0.4, -0.2) is 162 Å². The van der Waals surface area contributed by atoms with Gasteiger partial charge in [0.1, 0.15) is 41.0 Å². The summed E-state index contributed by atoms with van der Waals surface area (Å²) in [5.74, 6) is -0.317. The minimum Gasteiger partial charge on any atom is -0.459 e. The molecule has 21 heteroatoms. The highest BCUT2D eigenvalue weighted by Crippen LogP contribution is 2.33. The Morgan fingerprint density at radius 1 is 0.568 bits per heavy atom. The Kier molecular flexibility index (Phi) is 25.6. The molecule has 6 aromatic rings. The lowest BCUT2D eigenvalue weighted by atomic mass is 9.87. The molecule has 0 saturated carbocycles. The summed E-state index contributed by atoms with van der Waals surface area (Å²) in [6.45, 7) is 46.3. The third kappa shape index (κ3) is 22.4. The number of Topliss-reactive ketones (excluding diaryl/α,β-unsaturated/α-hetero) is 2. The molecular formula is C67H103BrN10O8Si2. The summed E-state index contributed by atoms with van der Waals surface area (Å²) in [7, 11) is -2.38. The number of anilines is 2. The minimum atomic E-state index is -1.21. The summed E-state index contributed by atoms with van der Waals surface area (Å²) in [6, 6.07) is 18.9. The number of ether oxygens (including phenoxy) is 4. The van der Waals surface area contributed by atoms with E-state index >= 15 is 0 Å². The fraction of sp³-hybridized carbons (Fsp3) is 0.582. The average molecular weight is 1310 g/mol. The van der Waals surface area contributed by atoms with E-state index in [1.807, 2.05) is 123 Å². The van der Waals surface area contributed by atoms with E-state index in [0.29, 0.717) is 66.7 Å². The zero-order valence-electron chi connectivity index (χ0n) is 55.4. The van der Waals surface area contributed by atoms with E-state index in [0.717, 1.165) is 92.6 Å². The first kappa shape index (κ1) is 73.1. The van der Waals surface area contributed by atoms with Crippen LogP contribution in [0.4, 0.5) is 11.4 Å². The first-order valence-corrected chi connectivity index (χ1v) is 39.1. The van der Waals surface area contributed by atoms with Crippen LogP contribution in [0.2, 0.25) is 51.4 Å². The molecule has 484 valence electrons. The smallest absolute Gasteiger partial charge is 0.320 e. The van der Waals surface area contributed by atoms with Gasteiger partial charge in [-0.3, -0.25) is 24.1 Å². The minimum absolute atomic E-state index is 0. The topological polar surface area (TPSA) is 188 Å². The second kappa shape index (κ2) is 30.9. The van der Waals surface area contributed by atoms with Crippen molar-refractivity contribution < 1.29 is 38.1 Å². The van der Waals surface area contributed by atoms with Crippen LogP contribution < -0.4 is 15.1 Å². The second-order valence-corrected chi connectivity index (χ2v) is 40.9. The number of halogens is 1. The van der Waals surface area contributed by atoms with Crippen LogP contribution >= 0.6 is 15.9 Å². The van der Waals surface area contributed by atoms with Gasteiger partial charge in [-0.2, -0.15) is 0 Å². The lowest BCUT2D eigenvalue weighted by molar-refractivity contribution is -0.156. The Morgan fingerprint density at radius 3 is 1.33 bits per heavy atom. The molecule has 0 unspecified atom stereocenters. The summed E-state index contributed by atoms with van der Waals surface area (Å²) in [4.78, 5) is 76.0. The summed E-state index contributed by atoms with van der Waals surface area (Å²) in [5, 5.41) is 3.67. The van der Waals surface area contributed by atoms with Crippen LogP contribution in [-0.2, 0) is 42.0 Å².